The van der Waals surface area contributed by atoms with Gasteiger partial charge in [-0.3, -0.25) is 0 Å². The molecule has 1 aliphatic heterocycles. The Balaban J connectivity index is 2.27. The first-order valence-electron chi connectivity index (χ1n) is 5.45. The number of hydrogen-bond acceptors (Lipinski definition) is 3. The molecule has 0 bridgehead atoms. The summed E-state index contributed by atoms with van der Waals surface area (Å²) in [4.78, 5) is 2.62. The second-order valence-corrected chi connectivity index (χ2v) is 6.05. The second kappa shape index (κ2) is 6.68. The monoisotopic (exact) mass is 254 g/mol. The van der Waals surface area contributed by atoms with E-state index in [0.717, 1.165) is 32.4 Å². The molecule has 0 aromatic rings. The second-order valence-electron chi connectivity index (χ2n) is 3.85. The zero-order chi connectivity index (χ0) is 11.1. The summed E-state index contributed by atoms with van der Waals surface area (Å²) in [5.74, 6) is 0.704. The number of piperidine rings is 1. The van der Waals surface area contributed by atoms with E-state index < -0.39 is 10.0 Å². The lowest BCUT2D eigenvalue weighted by Gasteiger charge is -2.26. The maximum absolute atomic E-state index is 11.6. The van der Waals surface area contributed by atoms with E-state index >= 15 is 0 Å². The molecule has 0 aliphatic carbocycles. The van der Waals surface area contributed by atoms with Gasteiger partial charge >= 0.3 is 0 Å². The maximum Gasteiger partial charge on any atom is 0.224 e. The molecule has 0 aromatic heterocycles. The fourth-order valence-corrected chi connectivity index (χ4v) is 3.05. The van der Waals surface area contributed by atoms with Gasteiger partial charge in [-0.25, -0.2) is 13.4 Å². The van der Waals surface area contributed by atoms with Gasteiger partial charge in [0.2, 0.25) is 10.0 Å². The number of hydrazine groups is 1. The lowest BCUT2D eigenvalue weighted by Crippen LogP contribution is -2.45. The van der Waals surface area contributed by atoms with Crippen molar-refractivity contribution in [2.75, 3.05) is 24.7 Å². The van der Waals surface area contributed by atoms with Crippen LogP contribution in [0.2, 0.25) is 0 Å². The van der Waals surface area contributed by atoms with Crippen molar-refractivity contribution in [3.05, 3.63) is 0 Å². The summed E-state index contributed by atoms with van der Waals surface area (Å²) in [5.41, 5.74) is 0. The van der Waals surface area contributed by atoms with Crippen LogP contribution in [0.1, 0.15) is 32.1 Å². The van der Waals surface area contributed by atoms with Gasteiger partial charge in [-0.15, -0.1) is 16.4 Å². The molecule has 1 saturated heterocycles. The molecular weight excluding hydrogens is 236 g/mol. The maximum atomic E-state index is 11.6. The summed E-state index contributed by atoms with van der Waals surface area (Å²) in [5, 5.41) is 1.81. The minimum atomic E-state index is -3.14. The molecule has 0 amide bonds. The quantitative estimate of drug-likeness (QED) is 0.575. The molecule has 1 N–H and O–H groups in total. The number of halogens is 1. The zero-order valence-electron chi connectivity index (χ0n) is 8.91. The van der Waals surface area contributed by atoms with Crippen LogP contribution in [0.4, 0.5) is 0 Å². The average Bonchev–Trinajstić information content (AvgIpc) is 2.18. The van der Waals surface area contributed by atoms with Crippen LogP contribution in [0.3, 0.4) is 0 Å². The summed E-state index contributed by atoms with van der Waals surface area (Å²) >= 11 is 5.50. The number of rotatable bonds is 6. The molecule has 0 saturated carbocycles. The summed E-state index contributed by atoms with van der Waals surface area (Å²) in [6.45, 7) is 1.66. The van der Waals surface area contributed by atoms with Crippen molar-refractivity contribution in [3.8, 4) is 0 Å². The van der Waals surface area contributed by atoms with Crippen molar-refractivity contribution < 1.29 is 8.42 Å². The highest BCUT2D eigenvalue weighted by atomic mass is 35.5. The van der Waals surface area contributed by atoms with Gasteiger partial charge in [-0.2, -0.15) is 0 Å². The smallest absolute Gasteiger partial charge is 0.224 e. The van der Waals surface area contributed by atoms with Crippen LogP contribution in [0, 0.1) is 0 Å². The molecule has 90 valence electrons. The molecule has 1 heterocycles. The van der Waals surface area contributed by atoms with Crippen LogP contribution in [0.15, 0.2) is 0 Å². The van der Waals surface area contributed by atoms with Gasteiger partial charge in [-0.05, 0) is 25.7 Å². The van der Waals surface area contributed by atoms with Crippen molar-refractivity contribution in [3.63, 3.8) is 0 Å². The summed E-state index contributed by atoms with van der Waals surface area (Å²) < 4.78 is 23.2. The lowest BCUT2D eigenvalue weighted by molar-refractivity contribution is 0.200. The van der Waals surface area contributed by atoms with Crippen LogP contribution < -0.4 is 4.83 Å². The first-order valence-corrected chi connectivity index (χ1v) is 7.64. The predicted molar refractivity (Wildman–Crippen MR) is 62.3 cm³/mol. The molecule has 1 fully saturated rings. The van der Waals surface area contributed by atoms with Crippen LogP contribution in [0.25, 0.3) is 0 Å². The third-order valence-corrected chi connectivity index (χ3v) is 4.05. The van der Waals surface area contributed by atoms with Crippen LogP contribution >= 0.6 is 11.6 Å². The van der Waals surface area contributed by atoms with Gasteiger partial charge in [0.05, 0.1) is 5.75 Å². The number of hydrogen-bond donors (Lipinski definition) is 1. The Hall–Kier alpha value is 0.160. The van der Waals surface area contributed by atoms with Crippen molar-refractivity contribution in [1.82, 2.24) is 9.84 Å². The first-order chi connectivity index (χ1) is 7.14. The number of alkyl halides is 1. The number of sulfonamides is 1. The van der Waals surface area contributed by atoms with E-state index in [0.29, 0.717) is 12.3 Å². The molecule has 1 rings (SSSR count). The van der Waals surface area contributed by atoms with Crippen molar-refractivity contribution in [2.24, 2.45) is 0 Å². The van der Waals surface area contributed by atoms with E-state index in [9.17, 15) is 8.42 Å². The van der Waals surface area contributed by atoms with Gasteiger partial charge < -0.3 is 0 Å². The Morgan fingerprint density at radius 2 is 1.80 bits per heavy atom. The molecule has 0 atom stereocenters. The molecule has 0 aromatic carbocycles. The molecule has 1 aliphatic rings. The summed E-state index contributed by atoms with van der Waals surface area (Å²) in [6.07, 6.45) is 4.73. The first kappa shape index (κ1) is 13.2. The molecule has 15 heavy (non-hydrogen) atoms. The van der Waals surface area contributed by atoms with Crippen molar-refractivity contribution in [1.29, 1.82) is 0 Å². The van der Waals surface area contributed by atoms with Gasteiger partial charge in [-0.1, -0.05) is 6.42 Å². The highest BCUT2D eigenvalue weighted by Gasteiger charge is 2.16. The van der Waals surface area contributed by atoms with Gasteiger partial charge in [0.25, 0.3) is 0 Å². The fourth-order valence-electron chi connectivity index (χ4n) is 1.61. The van der Waals surface area contributed by atoms with Crippen LogP contribution in [0.5, 0.6) is 0 Å². The lowest BCUT2D eigenvalue weighted by atomic mass is 10.2. The van der Waals surface area contributed by atoms with Crippen molar-refractivity contribution >= 4 is 21.6 Å². The molecule has 0 radical (unpaired) electrons. The predicted octanol–water partition coefficient (Wildman–Crippen LogP) is 1.33. The Bertz CT molecular complexity index is 263. The standard InChI is InChI=1S/C9H19ClN2O2S/c10-6-2-5-9-15(13,14)11-12-7-3-1-4-8-12/h11H,1-9H2. The molecule has 4 nitrogen and oxygen atoms in total. The Labute approximate surface area is 97.0 Å². The average molecular weight is 255 g/mol. The van der Waals surface area contributed by atoms with E-state index in [1.54, 1.807) is 5.01 Å². The molecule has 0 spiro atoms. The number of unbranched alkanes of at least 4 members (excludes halogenated alkanes) is 1. The van der Waals surface area contributed by atoms with Crippen LogP contribution in [-0.4, -0.2) is 38.1 Å². The minimum absolute atomic E-state index is 0.177. The summed E-state index contributed by atoms with van der Waals surface area (Å²) in [6, 6.07) is 0. The highest BCUT2D eigenvalue weighted by Crippen LogP contribution is 2.07. The van der Waals surface area contributed by atoms with Gasteiger partial charge in [0.1, 0.15) is 0 Å². The van der Waals surface area contributed by atoms with Crippen molar-refractivity contribution in [2.45, 2.75) is 32.1 Å². The van der Waals surface area contributed by atoms with Gasteiger partial charge in [0.15, 0.2) is 0 Å². The van der Waals surface area contributed by atoms with Gasteiger partial charge in [0, 0.05) is 19.0 Å². The van der Waals surface area contributed by atoms with E-state index in [1.807, 2.05) is 0 Å². The molecule has 6 heteroatoms. The van der Waals surface area contributed by atoms with E-state index in [4.69, 9.17) is 11.6 Å². The van der Waals surface area contributed by atoms with E-state index in [-0.39, 0.29) is 5.75 Å². The van der Waals surface area contributed by atoms with Crippen LogP contribution in [-0.2, 0) is 10.0 Å². The number of nitrogens with zero attached hydrogens (tertiary/aromatic N) is 1. The Morgan fingerprint density at radius 1 is 1.13 bits per heavy atom. The SMILES string of the molecule is O=S(=O)(CCCCCl)NN1CCCCC1. The zero-order valence-corrected chi connectivity index (χ0v) is 10.5. The normalized spacial score (nSPS) is 19.3. The van der Waals surface area contributed by atoms with E-state index in [1.165, 1.54) is 6.42 Å². The Morgan fingerprint density at radius 3 is 2.40 bits per heavy atom. The molecular formula is C9H19ClN2O2S. The largest absolute Gasteiger partial charge is 0.231 e. The molecule has 0 unspecified atom stereocenters. The number of nitrogens with one attached hydrogen (secondary N) is 1. The Kier molecular flexibility index (Phi) is 5.89. The third kappa shape index (κ3) is 5.70. The minimum Gasteiger partial charge on any atom is -0.231 e. The third-order valence-electron chi connectivity index (χ3n) is 2.42. The summed E-state index contributed by atoms with van der Waals surface area (Å²) in [7, 11) is -3.14. The van der Waals surface area contributed by atoms with E-state index in [2.05, 4.69) is 4.83 Å². The fraction of sp³-hybridized carbons (Fsp3) is 1.00. The highest BCUT2D eigenvalue weighted by molar-refractivity contribution is 7.89. The topological polar surface area (TPSA) is 49.4 Å².